The number of ether oxygens (including phenoxy) is 1. The van der Waals surface area contributed by atoms with Crippen LogP contribution >= 0.6 is 33.3 Å². The van der Waals surface area contributed by atoms with Crippen LogP contribution in [0.3, 0.4) is 0 Å². The zero-order valence-corrected chi connectivity index (χ0v) is 12.2. The number of halogens is 2. The van der Waals surface area contributed by atoms with Gasteiger partial charge in [0.25, 0.3) is 9.05 Å². The Morgan fingerprint density at radius 1 is 1.53 bits per heavy atom. The van der Waals surface area contributed by atoms with Gasteiger partial charge in [-0.1, -0.05) is 0 Å². The molecule has 0 saturated carbocycles. The second kappa shape index (κ2) is 5.36. The number of rotatable bonds is 4. The number of nitro groups is 1. The lowest BCUT2D eigenvalue weighted by molar-refractivity contribution is -0.386. The van der Waals surface area contributed by atoms with E-state index in [1.165, 1.54) is 12.1 Å². The molecule has 0 saturated heterocycles. The van der Waals surface area contributed by atoms with Crippen LogP contribution in [0.1, 0.15) is 6.92 Å². The van der Waals surface area contributed by atoms with Crippen LogP contribution in [0.15, 0.2) is 17.0 Å². The molecule has 0 aromatic heterocycles. The molecule has 0 radical (unpaired) electrons. The summed E-state index contributed by atoms with van der Waals surface area (Å²) in [5.41, 5.74) is -0.425. The van der Waals surface area contributed by atoms with Crippen molar-refractivity contribution in [2.75, 3.05) is 6.61 Å². The fraction of sp³-hybridized carbons (Fsp3) is 0.250. The van der Waals surface area contributed by atoms with E-state index in [1.807, 2.05) is 0 Å². The maximum absolute atomic E-state index is 11.4. The molecule has 9 heteroatoms. The average molecular weight is 392 g/mol. The molecule has 0 aliphatic rings. The summed E-state index contributed by atoms with van der Waals surface area (Å²) in [6.07, 6.45) is 0. The molecule has 17 heavy (non-hydrogen) atoms. The van der Waals surface area contributed by atoms with Crippen LogP contribution in [0.2, 0.25) is 0 Å². The van der Waals surface area contributed by atoms with E-state index in [9.17, 15) is 18.5 Å². The Hall–Kier alpha value is -0.610. The quantitative estimate of drug-likeness (QED) is 0.341. The molecule has 0 amide bonds. The summed E-state index contributed by atoms with van der Waals surface area (Å²) < 4.78 is 28.1. The maximum atomic E-state index is 11.4. The molecule has 0 spiro atoms. The molecular formula is C8H7ClINO5S. The highest BCUT2D eigenvalue weighted by Crippen LogP contribution is 2.38. The van der Waals surface area contributed by atoms with Gasteiger partial charge in [-0.15, -0.1) is 0 Å². The van der Waals surface area contributed by atoms with Gasteiger partial charge in [0.2, 0.25) is 5.75 Å². The van der Waals surface area contributed by atoms with E-state index >= 15 is 0 Å². The van der Waals surface area contributed by atoms with E-state index in [0.29, 0.717) is 0 Å². The Kier molecular flexibility index (Phi) is 4.55. The first-order valence-electron chi connectivity index (χ1n) is 4.33. The predicted octanol–water partition coefficient (Wildman–Crippen LogP) is 2.53. The van der Waals surface area contributed by atoms with Crippen molar-refractivity contribution < 1.29 is 18.1 Å². The van der Waals surface area contributed by atoms with Gasteiger partial charge in [-0.2, -0.15) is 0 Å². The second-order valence-electron chi connectivity index (χ2n) is 2.85. The molecule has 1 aromatic carbocycles. The van der Waals surface area contributed by atoms with Crippen molar-refractivity contribution in [3.63, 3.8) is 0 Å². The maximum Gasteiger partial charge on any atom is 0.312 e. The third-order valence-electron chi connectivity index (χ3n) is 1.77. The number of nitrogens with zero attached hydrogens (tertiary/aromatic N) is 1. The van der Waals surface area contributed by atoms with Crippen molar-refractivity contribution >= 4 is 48.0 Å². The first kappa shape index (κ1) is 14.5. The van der Waals surface area contributed by atoms with Crippen molar-refractivity contribution in [1.82, 2.24) is 0 Å². The molecule has 0 N–H and O–H groups in total. The first-order valence-corrected chi connectivity index (χ1v) is 7.72. The molecule has 1 rings (SSSR count). The number of nitro benzene ring substituents is 1. The Labute approximate surface area is 116 Å². The van der Waals surface area contributed by atoms with Crippen LogP contribution in [0.25, 0.3) is 0 Å². The molecule has 1 aromatic rings. The van der Waals surface area contributed by atoms with Crippen molar-refractivity contribution in [3.8, 4) is 5.75 Å². The van der Waals surface area contributed by atoms with Gasteiger partial charge in [0.1, 0.15) is 4.90 Å². The summed E-state index contributed by atoms with van der Waals surface area (Å²) in [7, 11) is 1.14. The normalized spacial score (nSPS) is 11.2. The average Bonchev–Trinajstić information content (AvgIpc) is 2.15. The second-order valence-corrected chi connectivity index (χ2v) is 6.52. The topological polar surface area (TPSA) is 86.5 Å². The Bertz CT molecular complexity index is 559. The highest BCUT2D eigenvalue weighted by atomic mass is 127. The lowest BCUT2D eigenvalue weighted by Gasteiger charge is -2.09. The summed E-state index contributed by atoms with van der Waals surface area (Å²) in [6, 6.07) is 2.48. The van der Waals surface area contributed by atoms with E-state index in [4.69, 9.17) is 15.4 Å². The van der Waals surface area contributed by atoms with Crippen LogP contribution in [-0.2, 0) is 9.05 Å². The molecule has 0 aliphatic heterocycles. The van der Waals surface area contributed by atoms with Gasteiger partial charge in [-0.05, 0) is 35.6 Å². The summed E-state index contributed by atoms with van der Waals surface area (Å²) in [6.45, 7) is 1.69. The molecule has 0 aliphatic carbocycles. The van der Waals surface area contributed by atoms with Crippen LogP contribution in [0.4, 0.5) is 5.69 Å². The Morgan fingerprint density at radius 3 is 2.53 bits per heavy atom. The van der Waals surface area contributed by atoms with Gasteiger partial charge >= 0.3 is 5.69 Å². The van der Waals surface area contributed by atoms with Gasteiger partial charge in [0.05, 0.1) is 11.5 Å². The third-order valence-corrected chi connectivity index (χ3v) is 4.39. The largest absolute Gasteiger partial charge is 0.486 e. The van der Waals surface area contributed by atoms with Gasteiger partial charge < -0.3 is 4.74 Å². The molecular weight excluding hydrogens is 385 g/mol. The first-order chi connectivity index (χ1) is 7.79. The summed E-state index contributed by atoms with van der Waals surface area (Å²) >= 11 is 1.72. The highest BCUT2D eigenvalue weighted by Gasteiger charge is 2.28. The van der Waals surface area contributed by atoms with Crippen molar-refractivity contribution in [2.24, 2.45) is 0 Å². The summed E-state index contributed by atoms with van der Waals surface area (Å²) in [4.78, 5) is 9.69. The third kappa shape index (κ3) is 3.19. The highest BCUT2D eigenvalue weighted by molar-refractivity contribution is 14.1. The Balaban J connectivity index is 3.66. The van der Waals surface area contributed by atoms with Gasteiger partial charge in [-0.25, -0.2) is 8.42 Å². The van der Waals surface area contributed by atoms with Gasteiger partial charge in [-0.3, -0.25) is 10.1 Å². The fourth-order valence-corrected chi connectivity index (χ4v) is 4.01. The van der Waals surface area contributed by atoms with E-state index in [1.54, 1.807) is 29.5 Å². The predicted molar refractivity (Wildman–Crippen MR) is 70.0 cm³/mol. The minimum atomic E-state index is -4.11. The van der Waals surface area contributed by atoms with E-state index in [0.717, 1.165) is 0 Å². The van der Waals surface area contributed by atoms with E-state index in [2.05, 4.69) is 0 Å². The molecule has 0 fully saturated rings. The molecule has 0 bridgehead atoms. The van der Waals surface area contributed by atoms with Crippen LogP contribution in [-0.4, -0.2) is 19.9 Å². The van der Waals surface area contributed by atoms with Gasteiger partial charge in [0, 0.05) is 20.3 Å². The minimum absolute atomic E-state index is 0.0976. The zero-order valence-electron chi connectivity index (χ0n) is 8.51. The zero-order chi connectivity index (χ0) is 13.2. The van der Waals surface area contributed by atoms with E-state index in [-0.39, 0.29) is 20.8 Å². The van der Waals surface area contributed by atoms with Crippen LogP contribution < -0.4 is 4.74 Å². The number of benzene rings is 1. The van der Waals surface area contributed by atoms with Crippen LogP contribution in [0, 0.1) is 13.7 Å². The minimum Gasteiger partial charge on any atom is -0.486 e. The standard InChI is InChI=1S/C8H7ClINO5S/c1-2-16-7-6(11(12)13)4-3-5(10)8(7)17(9,14)15/h3-4H,2H2,1H3. The SMILES string of the molecule is CCOc1c([N+](=O)[O-])ccc(I)c1S(=O)(=O)Cl. The monoisotopic (exact) mass is 391 g/mol. The summed E-state index contributed by atoms with van der Waals surface area (Å²) in [5.74, 6) is -0.320. The van der Waals surface area contributed by atoms with Crippen molar-refractivity contribution in [1.29, 1.82) is 0 Å². The van der Waals surface area contributed by atoms with Crippen molar-refractivity contribution in [3.05, 3.63) is 25.8 Å². The van der Waals surface area contributed by atoms with E-state index < -0.39 is 19.7 Å². The fourth-order valence-electron chi connectivity index (χ4n) is 1.18. The molecule has 0 heterocycles. The van der Waals surface area contributed by atoms with Crippen molar-refractivity contribution in [2.45, 2.75) is 11.8 Å². The number of hydrogen-bond acceptors (Lipinski definition) is 5. The lowest BCUT2D eigenvalue weighted by atomic mass is 10.3. The molecule has 0 unspecified atom stereocenters. The summed E-state index contributed by atoms with van der Waals surface area (Å²) in [5, 5.41) is 10.8. The lowest BCUT2D eigenvalue weighted by Crippen LogP contribution is -2.05. The molecule has 94 valence electrons. The van der Waals surface area contributed by atoms with Crippen LogP contribution in [0.5, 0.6) is 5.75 Å². The van der Waals surface area contributed by atoms with Gasteiger partial charge in [0.15, 0.2) is 0 Å². The molecule has 0 atom stereocenters. The smallest absolute Gasteiger partial charge is 0.312 e. The Morgan fingerprint density at radius 2 is 2.12 bits per heavy atom. The number of hydrogen-bond donors (Lipinski definition) is 0. The molecule has 6 nitrogen and oxygen atoms in total.